The zero-order valence-electron chi connectivity index (χ0n) is 15.2. The van der Waals surface area contributed by atoms with Crippen LogP contribution in [0.1, 0.15) is 24.6 Å². The van der Waals surface area contributed by atoms with E-state index < -0.39 is 11.2 Å². The fourth-order valence-electron chi connectivity index (χ4n) is 3.31. The normalized spacial score (nSPS) is 15.2. The number of aromatic amines is 1. The Morgan fingerprint density at radius 1 is 1.00 bits per heavy atom. The van der Waals surface area contributed by atoms with E-state index in [0.29, 0.717) is 27.4 Å². The highest BCUT2D eigenvalue weighted by Gasteiger charge is 2.23. The molecule has 10 nitrogen and oxygen atoms in total. The Bertz CT molecular complexity index is 1090. The van der Waals surface area contributed by atoms with Crippen molar-refractivity contribution in [2.24, 2.45) is 21.1 Å². The number of imidazole rings is 1. The lowest BCUT2D eigenvalue weighted by atomic mass is 9.97. The van der Waals surface area contributed by atoms with Crippen molar-refractivity contribution in [1.82, 2.24) is 39.2 Å². The second-order valence-corrected chi connectivity index (χ2v) is 7.40. The average molecular weight is 413 g/mol. The van der Waals surface area contributed by atoms with Gasteiger partial charge in [0.1, 0.15) is 5.82 Å². The Morgan fingerprint density at radius 2 is 1.70 bits per heavy atom. The summed E-state index contributed by atoms with van der Waals surface area (Å²) in [4.78, 5) is 30.7. The smallest absolute Gasteiger partial charge is 0.317 e. The molecule has 2 N–H and O–H groups in total. The second kappa shape index (κ2) is 7.49. The van der Waals surface area contributed by atoms with Crippen molar-refractivity contribution >= 4 is 35.3 Å². The number of nitrogens with one attached hydrogen (secondary N) is 2. The lowest BCUT2D eigenvalue weighted by Crippen LogP contribution is -2.29. The lowest BCUT2D eigenvalue weighted by Gasteiger charge is -2.21. The van der Waals surface area contributed by atoms with Crippen LogP contribution >= 0.6 is 24.2 Å². The lowest BCUT2D eigenvalue weighted by molar-refractivity contribution is 0.434. The number of nitrogens with zero attached hydrogens (tertiary/aromatic N) is 6. The monoisotopic (exact) mass is 412 g/mol. The van der Waals surface area contributed by atoms with E-state index in [1.165, 1.54) is 16.3 Å². The van der Waals surface area contributed by atoms with Crippen molar-refractivity contribution in [1.29, 1.82) is 0 Å². The number of aryl methyl sites for hydroxylation is 2. The minimum atomic E-state index is -0.482. The van der Waals surface area contributed by atoms with Crippen LogP contribution in [-0.4, -0.2) is 47.0 Å². The quantitative estimate of drug-likeness (QED) is 0.628. The van der Waals surface area contributed by atoms with E-state index >= 15 is 0 Å². The van der Waals surface area contributed by atoms with Crippen molar-refractivity contribution < 1.29 is 0 Å². The predicted octanol–water partition coefficient (Wildman–Crippen LogP) is 0.129. The van der Waals surface area contributed by atoms with Crippen LogP contribution < -0.4 is 16.6 Å². The molecule has 0 aliphatic carbocycles. The Balaban J connectivity index is 0.00000210. The first kappa shape index (κ1) is 19.6. The van der Waals surface area contributed by atoms with Gasteiger partial charge < -0.3 is 14.5 Å². The third-order valence-electron chi connectivity index (χ3n) is 4.85. The van der Waals surface area contributed by atoms with E-state index in [0.717, 1.165) is 31.8 Å². The maximum atomic E-state index is 12.1. The number of aromatic nitrogens is 7. The van der Waals surface area contributed by atoms with E-state index in [-0.39, 0.29) is 12.4 Å². The molecule has 3 aromatic rings. The molecule has 0 amide bonds. The fourth-order valence-corrected chi connectivity index (χ4v) is 4.15. The van der Waals surface area contributed by atoms with Gasteiger partial charge in [-0.15, -0.1) is 22.6 Å². The van der Waals surface area contributed by atoms with Crippen molar-refractivity contribution in [2.45, 2.75) is 29.1 Å². The first-order chi connectivity index (χ1) is 12.5. The van der Waals surface area contributed by atoms with Gasteiger partial charge in [0, 0.05) is 27.1 Å². The predicted molar refractivity (Wildman–Crippen MR) is 104 cm³/mol. The Morgan fingerprint density at radius 3 is 2.41 bits per heavy atom. The molecule has 1 aliphatic rings. The van der Waals surface area contributed by atoms with E-state index in [9.17, 15) is 9.59 Å². The molecule has 1 fully saturated rings. The SMILES string of the molecule is Cl.Cn1c(Sc2nc3c(c(=O)[nH]c(=O)n3C)n2C)nnc1C1CCNCC1. The van der Waals surface area contributed by atoms with Crippen LogP contribution in [0.2, 0.25) is 0 Å². The van der Waals surface area contributed by atoms with Gasteiger partial charge in [-0.3, -0.25) is 14.3 Å². The zero-order chi connectivity index (χ0) is 18.4. The molecule has 0 atom stereocenters. The van der Waals surface area contributed by atoms with E-state index in [1.807, 2.05) is 11.6 Å². The van der Waals surface area contributed by atoms with Gasteiger partial charge >= 0.3 is 5.69 Å². The minimum absolute atomic E-state index is 0. The van der Waals surface area contributed by atoms with Crippen molar-refractivity contribution in [3.05, 3.63) is 26.7 Å². The maximum absolute atomic E-state index is 12.1. The molecule has 1 aliphatic heterocycles. The van der Waals surface area contributed by atoms with Crippen LogP contribution in [0.3, 0.4) is 0 Å². The van der Waals surface area contributed by atoms with Gasteiger partial charge in [0.05, 0.1) is 0 Å². The van der Waals surface area contributed by atoms with Crippen LogP contribution in [0.5, 0.6) is 0 Å². The van der Waals surface area contributed by atoms with Crippen LogP contribution in [0, 0.1) is 0 Å². The summed E-state index contributed by atoms with van der Waals surface area (Å²) in [6.07, 6.45) is 2.08. The summed E-state index contributed by atoms with van der Waals surface area (Å²) in [5.41, 5.74) is -0.220. The zero-order valence-corrected chi connectivity index (χ0v) is 16.9. The molecular weight excluding hydrogens is 392 g/mol. The van der Waals surface area contributed by atoms with Gasteiger partial charge in [-0.05, 0) is 37.7 Å². The van der Waals surface area contributed by atoms with Crippen LogP contribution in [-0.2, 0) is 21.1 Å². The average Bonchev–Trinajstić information content (AvgIpc) is 3.15. The number of hydrogen-bond donors (Lipinski definition) is 2. The van der Waals surface area contributed by atoms with Crippen LogP contribution in [0.25, 0.3) is 11.2 Å². The molecule has 0 saturated carbocycles. The highest BCUT2D eigenvalue weighted by Crippen LogP contribution is 2.30. The molecule has 146 valence electrons. The summed E-state index contributed by atoms with van der Waals surface area (Å²) in [6, 6.07) is 0. The number of rotatable bonds is 3. The van der Waals surface area contributed by atoms with Crippen molar-refractivity contribution in [3.8, 4) is 0 Å². The second-order valence-electron chi connectivity index (χ2n) is 6.47. The molecular formula is C15H21ClN8O2S. The Hall–Kier alpha value is -2.11. The number of piperidine rings is 1. The molecule has 3 aromatic heterocycles. The van der Waals surface area contributed by atoms with E-state index in [4.69, 9.17) is 0 Å². The third-order valence-corrected chi connectivity index (χ3v) is 5.93. The molecule has 4 rings (SSSR count). The van der Waals surface area contributed by atoms with Gasteiger partial charge in [-0.25, -0.2) is 9.78 Å². The summed E-state index contributed by atoms with van der Waals surface area (Å²) in [5, 5.41) is 13.3. The van der Waals surface area contributed by atoms with Crippen LogP contribution in [0.15, 0.2) is 19.9 Å². The molecule has 4 heterocycles. The van der Waals surface area contributed by atoms with Gasteiger partial charge in [0.15, 0.2) is 21.5 Å². The molecule has 0 bridgehead atoms. The standard InChI is InChI=1S/C15H20N8O2S.ClH/c1-21-9-11(22(2)13(25)18-12(9)24)17-14(21)26-15-20-19-10(23(15)3)8-4-6-16-7-5-8;/h8,16H,4-7H2,1-3H3,(H,18,24,25);1H. The van der Waals surface area contributed by atoms with E-state index in [1.54, 1.807) is 18.7 Å². The molecule has 0 spiro atoms. The van der Waals surface area contributed by atoms with Gasteiger partial charge in [-0.2, -0.15) is 0 Å². The third kappa shape index (κ3) is 3.30. The largest absolute Gasteiger partial charge is 0.329 e. The van der Waals surface area contributed by atoms with Gasteiger partial charge in [-0.1, -0.05) is 0 Å². The Kier molecular flexibility index (Phi) is 5.45. The first-order valence-electron chi connectivity index (χ1n) is 8.41. The first-order valence-corrected chi connectivity index (χ1v) is 9.22. The fraction of sp³-hybridized carbons (Fsp3) is 0.533. The molecule has 1 saturated heterocycles. The molecule has 12 heteroatoms. The maximum Gasteiger partial charge on any atom is 0.329 e. The number of H-pyrrole nitrogens is 1. The summed E-state index contributed by atoms with van der Waals surface area (Å²) in [7, 11) is 5.28. The Labute approximate surface area is 164 Å². The van der Waals surface area contributed by atoms with E-state index in [2.05, 4.69) is 25.5 Å². The summed E-state index contributed by atoms with van der Waals surface area (Å²) in [6.45, 7) is 1.98. The number of fused-ring (bicyclic) bond motifs is 1. The topological polar surface area (TPSA) is 115 Å². The van der Waals surface area contributed by atoms with Crippen molar-refractivity contribution in [3.63, 3.8) is 0 Å². The molecule has 0 radical (unpaired) electrons. The number of hydrogen-bond acceptors (Lipinski definition) is 7. The summed E-state index contributed by atoms with van der Waals surface area (Å²) in [5.74, 6) is 1.37. The highest BCUT2D eigenvalue weighted by atomic mass is 35.5. The van der Waals surface area contributed by atoms with Crippen molar-refractivity contribution in [2.75, 3.05) is 13.1 Å². The van der Waals surface area contributed by atoms with Crippen LogP contribution in [0.4, 0.5) is 0 Å². The number of halogens is 1. The molecule has 0 aromatic carbocycles. The van der Waals surface area contributed by atoms with Gasteiger partial charge in [0.2, 0.25) is 0 Å². The molecule has 0 unspecified atom stereocenters. The summed E-state index contributed by atoms with van der Waals surface area (Å²) < 4.78 is 5.00. The highest BCUT2D eigenvalue weighted by molar-refractivity contribution is 7.99. The van der Waals surface area contributed by atoms with Gasteiger partial charge in [0.25, 0.3) is 5.56 Å². The minimum Gasteiger partial charge on any atom is -0.317 e. The molecule has 27 heavy (non-hydrogen) atoms. The summed E-state index contributed by atoms with van der Waals surface area (Å²) >= 11 is 1.33.